The lowest BCUT2D eigenvalue weighted by Crippen LogP contribution is -2.00. The summed E-state index contributed by atoms with van der Waals surface area (Å²) >= 11 is 11.5. The molecule has 0 atom stereocenters. The van der Waals surface area contributed by atoms with E-state index in [9.17, 15) is 4.39 Å². The summed E-state index contributed by atoms with van der Waals surface area (Å²) in [6.07, 6.45) is 0. The zero-order valence-corrected chi connectivity index (χ0v) is 8.01. The molecule has 0 heterocycles. The van der Waals surface area contributed by atoms with E-state index < -0.39 is 5.82 Å². The average Bonchev–Trinajstić information content (AvgIpc) is 2.08. The van der Waals surface area contributed by atoms with E-state index in [1.54, 1.807) is 6.92 Å². The van der Waals surface area contributed by atoms with E-state index in [0.29, 0.717) is 16.1 Å². The molecule has 0 fully saturated rings. The molecule has 0 aliphatic rings. The largest absolute Gasteiger partial charge is 0.326 e. The molecule has 0 saturated carbocycles. The van der Waals surface area contributed by atoms with Gasteiger partial charge in [-0.05, 0) is 24.1 Å². The van der Waals surface area contributed by atoms with Gasteiger partial charge in [0.1, 0.15) is 5.82 Å². The Morgan fingerprint density at radius 3 is 2.50 bits per heavy atom. The Morgan fingerprint density at radius 1 is 1.42 bits per heavy atom. The predicted octanol–water partition coefficient (Wildman–Crippen LogP) is 2.90. The monoisotopic (exact) mass is 207 g/mol. The van der Waals surface area contributed by atoms with E-state index in [1.807, 2.05) is 0 Å². The van der Waals surface area contributed by atoms with Crippen LogP contribution in [0.5, 0.6) is 0 Å². The highest BCUT2D eigenvalue weighted by Gasteiger charge is 2.10. The molecule has 66 valence electrons. The van der Waals surface area contributed by atoms with Crippen LogP contribution >= 0.6 is 23.2 Å². The van der Waals surface area contributed by atoms with Gasteiger partial charge in [-0.25, -0.2) is 4.39 Å². The standard InChI is InChI=1S/C8H8Cl2FN/c1-4-7(9)5(3-12)2-6(11)8(4)10/h2H,3,12H2,1H3. The van der Waals surface area contributed by atoms with Gasteiger partial charge in [-0.15, -0.1) is 0 Å². The van der Waals surface area contributed by atoms with Crippen molar-refractivity contribution in [3.63, 3.8) is 0 Å². The van der Waals surface area contributed by atoms with Gasteiger partial charge in [0.15, 0.2) is 0 Å². The summed E-state index contributed by atoms with van der Waals surface area (Å²) in [5.41, 5.74) is 6.46. The van der Waals surface area contributed by atoms with Gasteiger partial charge in [-0.1, -0.05) is 23.2 Å². The molecule has 12 heavy (non-hydrogen) atoms. The zero-order valence-electron chi connectivity index (χ0n) is 6.50. The van der Waals surface area contributed by atoms with Crippen molar-refractivity contribution >= 4 is 23.2 Å². The fourth-order valence-electron chi connectivity index (χ4n) is 0.945. The highest BCUT2D eigenvalue weighted by Crippen LogP contribution is 2.29. The summed E-state index contributed by atoms with van der Waals surface area (Å²) in [6.45, 7) is 1.88. The predicted molar refractivity (Wildman–Crippen MR) is 49.0 cm³/mol. The van der Waals surface area contributed by atoms with E-state index in [2.05, 4.69) is 0 Å². The van der Waals surface area contributed by atoms with Gasteiger partial charge in [-0.2, -0.15) is 0 Å². The summed E-state index contributed by atoms with van der Waals surface area (Å²) in [4.78, 5) is 0. The molecular weight excluding hydrogens is 200 g/mol. The van der Waals surface area contributed by atoms with Crippen molar-refractivity contribution in [1.82, 2.24) is 0 Å². The van der Waals surface area contributed by atoms with Crippen molar-refractivity contribution in [2.75, 3.05) is 0 Å². The van der Waals surface area contributed by atoms with Crippen LogP contribution in [0.3, 0.4) is 0 Å². The first kappa shape index (κ1) is 9.78. The second kappa shape index (κ2) is 3.60. The molecule has 0 saturated heterocycles. The summed E-state index contributed by atoms with van der Waals surface area (Å²) in [5.74, 6) is -0.473. The van der Waals surface area contributed by atoms with Crippen LogP contribution in [0, 0.1) is 12.7 Å². The Balaban J connectivity index is 3.39. The van der Waals surface area contributed by atoms with Gasteiger partial charge in [0, 0.05) is 11.6 Å². The number of halogens is 3. The van der Waals surface area contributed by atoms with E-state index in [-0.39, 0.29) is 11.6 Å². The third-order valence-corrected chi connectivity index (χ3v) is 2.66. The number of nitrogens with two attached hydrogens (primary N) is 1. The number of rotatable bonds is 1. The van der Waals surface area contributed by atoms with Crippen LogP contribution in [-0.4, -0.2) is 0 Å². The van der Waals surface area contributed by atoms with Crippen LogP contribution in [0.4, 0.5) is 4.39 Å². The maximum Gasteiger partial charge on any atom is 0.142 e. The molecule has 0 aromatic heterocycles. The van der Waals surface area contributed by atoms with Crippen LogP contribution in [0.25, 0.3) is 0 Å². The Hall–Kier alpha value is -0.310. The third-order valence-electron chi connectivity index (χ3n) is 1.67. The van der Waals surface area contributed by atoms with Crippen LogP contribution < -0.4 is 5.73 Å². The van der Waals surface area contributed by atoms with Crippen molar-refractivity contribution in [2.24, 2.45) is 5.73 Å². The second-order valence-corrected chi connectivity index (χ2v) is 3.23. The minimum absolute atomic E-state index is 0.0669. The molecule has 0 aliphatic heterocycles. The third kappa shape index (κ3) is 1.56. The molecule has 0 radical (unpaired) electrons. The average molecular weight is 208 g/mol. The first-order valence-electron chi connectivity index (χ1n) is 3.41. The lowest BCUT2D eigenvalue weighted by molar-refractivity contribution is 0.624. The zero-order chi connectivity index (χ0) is 9.30. The molecule has 0 spiro atoms. The van der Waals surface area contributed by atoms with E-state index in [0.717, 1.165) is 0 Å². The Kier molecular flexibility index (Phi) is 2.94. The van der Waals surface area contributed by atoms with Gasteiger partial charge in [-0.3, -0.25) is 0 Å². The maximum atomic E-state index is 13.0. The van der Waals surface area contributed by atoms with Crippen molar-refractivity contribution in [3.05, 3.63) is 33.1 Å². The lowest BCUT2D eigenvalue weighted by atomic mass is 10.1. The summed E-state index contributed by atoms with van der Waals surface area (Å²) in [5, 5.41) is 0.515. The lowest BCUT2D eigenvalue weighted by Gasteiger charge is -2.06. The Bertz CT molecular complexity index is 312. The molecule has 1 nitrogen and oxygen atoms in total. The molecule has 0 unspecified atom stereocenters. The first-order chi connectivity index (χ1) is 5.57. The number of hydrogen-bond acceptors (Lipinski definition) is 1. The van der Waals surface area contributed by atoms with Gasteiger partial charge in [0.2, 0.25) is 0 Å². The molecule has 2 N–H and O–H groups in total. The summed E-state index contributed by atoms with van der Waals surface area (Å²) in [7, 11) is 0. The SMILES string of the molecule is Cc1c(Cl)c(F)cc(CN)c1Cl. The maximum absolute atomic E-state index is 13.0. The van der Waals surface area contributed by atoms with Crippen LogP contribution in [0.2, 0.25) is 10.0 Å². The normalized spacial score (nSPS) is 10.4. The van der Waals surface area contributed by atoms with E-state index in [1.165, 1.54) is 6.07 Å². The fraction of sp³-hybridized carbons (Fsp3) is 0.250. The van der Waals surface area contributed by atoms with Crippen LogP contribution in [0.15, 0.2) is 6.07 Å². The van der Waals surface area contributed by atoms with Crippen molar-refractivity contribution in [1.29, 1.82) is 0 Å². The highest BCUT2D eigenvalue weighted by atomic mass is 35.5. The van der Waals surface area contributed by atoms with Crippen molar-refractivity contribution in [3.8, 4) is 0 Å². The van der Waals surface area contributed by atoms with E-state index >= 15 is 0 Å². The van der Waals surface area contributed by atoms with E-state index in [4.69, 9.17) is 28.9 Å². The molecule has 1 aromatic rings. The smallest absolute Gasteiger partial charge is 0.142 e. The van der Waals surface area contributed by atoms with Crippen LogP contribution in [0.1, 0.15) is 11.1 Å². The van der Waals surface area contributed by atoms with Crippen molar-refractivity contribution in [2.45, 2.75) is 13.5 Å². The quantitative estimate of drug-likeness (QED) is 0.705. The van der Waals surface area contributed by atoms with Crippen molar-refractivity contribution < 1.29 is 4.39 Å². The molecular formula is C8H8Cl2FN. The molecule has 0 bridgehead atoms. The topological polar surface area (TPSA) is 26.0 Å². The van der Waals surface area contributed by atoms with Gasteiger partial charge >= 0.3 is 0 Å². The van der Waals surface area contributed by atoms with Gasteiger partial charge in [0.25, 0.3) is 0 Å². The molecule has 0 aliphatic carbocycles. The minimum Gasteiger partial charge on any atom is -0.326 e. The molecule has 0 amide bonds. The summed E-state index contributed by atoms with van der Waals surface area (Å²) in [6, 6.07) is 1.26. The van der Waals surface area contributed by atoms with Crippen LogP contribution in [-0.2, 0) is 6.54 Å². The molecule has 1 aromatic carbocycles. The minimum atomic E-state index is -0.473. The highest BCUT2D eigenvalue weighted by molar-refractivity contribution is 6.36. The molecule has 4 heteroatoms. The number of hydrogen-bond donors (Lipinski definition) is 1. The van der Waals surface area contributed by atoms with Gasteiger partial charge in [0.05, 0.1) is 5.02 Å². The Morgan fingerprint density at radius 2 is 2.00 bits per heavy atom. The number of benzene rings is 1. The first-order valence-corrected chi connectivity index (χ1v) is 4.16. The Labute approximate surface area is 80.3 Å². The summed E-state index contributed by atoms with van der Waals surface area (Å²) < 4.78 is 13.0. The fourth-order valence-corrected chi connectivity index (χ4v) is 1.37. The molecule has 1 rings (SSSR count). The van der Waals surface area contributed by atoms with Gasteiger partial charge < -0.3 is 5.73 Å². The second-order valence-electron chi connectivity index (χ2n) is 2.47.